The first-order valence-electron chi connectivity index (χ1n) is 9.22. The molecule has 1 fully saturated rings. The van der Waals surface area contributed by atoms with Gasteiger partial charge in [0.1, 0.15) is 11.6 Å². The molecule has 2 heterocycles. The summed E-state index contributed by atoms with van der Waals surface area (Å²) in [5.74, 6) is -1.09. The third-order valence-corrected chi connectivity index (χ3v) is 4.98. The first-order chi connectivity index (χ1) is 13.1. The van der Waals surface area contributed by atoms with Crippen molar-refractivity contribution in [3.8, 4) is 11.1 Å². The van der Waals surface area contributed by atoms with Crippen molar-refractivity contribution >= 4 is 17.0 Å². The molecule has 6 heteroatoms. The highest BCUT2D eigenvalue weighted by atomic mass is 19.2. The lowest BCUT2D eigenvalue weighted by atomic mass is 10.1. The topological polar surface area (TPSA) is 46.3 Å². The third-order valence-electron chi connectivity index (χ3n) is 4.98. The van der Waals surface area contributed by atoms with E-state index in [0.717, 1.165) is 37.4 Å². The number of amides is 1. The van der Waals surface area contributed by atoms with Crippen molar-refractivity contribution in [3.05, 3.63) is 53.9 Å². The maximum absolute atomic E-state index is 13.5. The molecule has 1 aliphatic rings. The Labute approximate surface area is 155 Å². The average molecular weight is 370 g/mol. The SMILES string of the molecule is CCCC(=O)N1CCC[C@H]1c1nc2cc(-c3ccc(F)c(F)c3)ccc2o1. The van der Waals surface area contributed by atoms with Crippen molar-refractivity contribution in [3.63, 3.8) is 0 Å². The molecule has 140 valence electrons. The van der Waals surface area contributed by atoms with Crippen molar-refractivity contribution in [1.29, 1.82) is 0 Å². The molecule has 1 atom stereocenters. The van der Waals surface area contributed by atoms with Gasteiger partial charge in [-0.15, -0.1) is 0 Å². The summed E-state index contributed by atoms with van der Waals surface area (Å²) >= 11 is 0. The predicted molar refractivity (Wildman–Crippen MR) is 98.0 cm³/mol. The molecule has 1 aromatic heterocycles. The Balaban J connectivity index is 1.66. The number of likely N-dealkylation sites (tertiary alicyclic amines) is 1. The number of carbonyl (C=O) groups excluding carboxylic acids is 1. The number of rotatable bonds is 4. The summed E-state index contributed by atoms with van der Waals surface area (Å²) in [6.45, 7) is 2.71. The van der Waals surface area contributed by atoms with E-state index in [4.69, 9.17) is 4.42 Å². The predicted octanol–water partition coefficient (Wildman–Crippen LogP) is 5.24. The Bertz CT molecular complexity index is 999. The molecule has 0 radical (unpaired) electrons. The molecule has 0 spiro atoms. The van der Waals surface area contributed by atoms with Gasteiger partial charge in [0.25, 0.3) is 0 Å². The number of halogens is 2. The fourth-order valence-electron chi connectivity index (χ4n) is 3.62. The lowest BCUT2D eigenvalue weighted by Gasteiger charge is -2.21. The van der Waals surface area contributed by atoms with Crippen LogP contribution in [0.25, 0.3) is 22.2 Å². The summed E-state index contributed by atoms with van der Waals surface area (Å²) in [6.07, 6.45) is 3.10. The summed E-state index contributed by atoms with van der Waals surface area (Å²) < 4.78 is 32.6. The molecule has 27 heavy (non-hydrogen) atoms. The Morgan fingerprint density at radius 3 is 2.74 bits per heavy atom. The molecular formula is C21H20F2N2O2. The summed E-state index contributed by atoms with van der Waals surface area (Å²) in [6, 6.07) is 9.03. The fraction of sp³-hybridized carbons (Fsp3) is 0.333. The molecule has 0 aliphatic carbocycles. The standard InChI is InChI=1S/C21H20F2N2O2/c1-2-4-20(26)25-10-3-5-18(25)21-24-17-12-14(7-9-19(17)27-21)13-6-8-15(22)16(23)11-13/h6-9,11-12,18H,2-5,10H2,1H3/t18-/m0/s1. The van der Waals surface area contributed by atoms with E-state index in [1.54, 1.807) is 18.2 Å². The van der Waals surface area contributed by atoms with Crippen LogP contribution >= 0.6 is 0 Å². The van der Waals surface area contributed by atoms with Gasteiger partial charge in [0.05, 0.1) is 0 Å². The van der Waals surface area contributed by atoms with Gasteiger partial charge >= 0.3 is 0 Å². The molecule has 1 saturated heterocycles. The largest absolute Gasteiger partial charge is 0.438 e. The lowest BCUT2D eigenvalue weighted by Crippen LogP contribution is -2.30. The van der Waals surface area contributed by atoms with E-state index in [1.165, 1.54) is 12.1 Å². The van der Waals surface area contributed by atoms with Crippen molar-refractivity contribution in [1.82, 2.24) is 9.88 Å². The molecule has 0 unspecified atom stereocenters. The zero-order valence-corrected chi connectivity index (χ0v) is 15.0. The van der Waals surface area contributed by atoms with E-state index < -0.39 is 11.6 Å². The zero-order chi connectivity index (χ0) is 19.0. The quantitative estimate of drug-likeness (QED) is 0.631. The number of hydrogen-bond donors (Lipinski definition) is 0. The second kappa shape index (κ2) is 7.10. The minimum atomic E-state index is -0.885. The van der Waals surface area contributed by atoms with Crippen LogP contribution < -0.4 is 0 Å². The Hall–Kier alpha value is -2.76. The fourth-order valence-corrected chi connectivity index (χ4v) is 3.62. The summed E-state index contributed by atoms with van der Waals surface area (Å²) in [4.78, 5) is 18.8. The Kier molecular flexibility index (Phi) is 4.64. The van der Waals surface area contributed by atoms with E-state index in [-0.39, 0.29) is 11.9 Å². The maximum Gasteiger partial charge on any atom is 0.223 e. The molecular weight excluding hydrogens is 350 g/mol. The second-order valence-electron chi connectivity index (χ2n) is 6.86. The van der Waals surface area contributed by atoms with Gasteiger partial charge in [-0.1, -0.05) is 19.1 Å². The van der Waals surface area contributed by atoms with Gasteiger partial charge in [-0.2, -0.15) is 0 Å². The minimum Gasteiger partial charge on any atom is -0.438 e. The number of benzene rings is 2. The van der Waals surface area contributed by atoms with Gasteiger partial charge in [-0.3, -0.25) is 4.79 Å². The molecule has 1 aliphatic heterocycles. The Morgan fingerprint density at radius 2 is 1.96 bits per heavy atom. The normalized spacial score (nSPS) is 17.0. The van der Waals surface area contributed by atoms with Crippen molar-refractivity contribution in [2.45, 2.75) is 38.6 Å². The second-order valence-corrected chi connectivity index (χ2v) is 6.86. The number of oxazole rings is 1. The molecule has 0 N–H and O–H groups in total. The summed E-state index contributed by atoms with van der Waals surface area (Å²) in [7, 11) is 0. The van der Waals surface area contributed by atoms with Crippen LogP contribution in [0.15, 0.2) is 40.8 Å². The van der Waals surface area contributed by atoms with Crippen LogP contribution in [0.5, 0.6) is 0 Å². The summed E-state index contributed by atoms with van der Waals surface area (Å²) in [5.41, 5.74) is 2.56. The number of aromatic nitrogens is 1. The van der Waals surface area contributed by atoms with Gasteiger partial charge in [0.2, 0.25) is 11.8 Å². The number of nitrogens with zero attached hydrogens (tertiary/aromatic N) is 2. The zero-order valence-electron chi connectivity index (χ0n) is 15.0. The summed E-state index contributed by atoms with van der Waals surface area (Å²) in [5, 5.41) is 0. The van der Waals surface area contributed by atoms with Crippen molar-refractivity contribution in [2.24, 2.45) is 0 Å². The molecule has 0 saturated carbocycles. The monoisotopic (exact) mass is 370 g/mol. The molecule has 4 rings (SSSR count). The van der Waals surface area contributed by atoms with Crippen LogP contribution in [0.4, 0.5) is 8.78 Å². The van der Waals surface area contributed by atoms with Gasteiger partial charge in [0.15, 0.2) is 17.2 Å². The van der Waals surface area contributed by atoms with E-state index in [0.29, 0.717) is 29.0 Å². The highest BCUT2D eigenvalue weighted by Gasteiger charge is 2.33. The molecule has 1 amide bonds. The van der Waals surface area contributed by atoms with E-state index >= 15 is 0 Å². The molecule has 3 aromatic rings. The van der Waals surface area contributed by atoms with Gasteiger partial charge in [0, 0.05) is 13.0 Å². The van der Waals surface area contributed by atoms with Crippen LogP contribution in [-0.4, -0.2) is 22.3 Å². The number of carbonyl (C=O) groups is 1. The van der Waals surface area contributed by atoms with E-state index in [2.05, 4.69) is 4.98 Å². The van der Waals surface area contributed by atoms with Crippen LogP contribution in [0, 0.1) is 11.6 Å². The Morgan fingerprint density at radius 1 is 1.19 bits per heavy atom. The average Bonchev–Trinajstić information content (AvgIpc) is 3.29. The van der Waals surface area contributed by atoms with E-state index in [9.17, 15) is 13.6 Å². The van der Waals surface area contributed by atoms with Crippen LogP contribution in [-0.2, 0) is 4.79 Å². The highest BCUT2D eigenvalue weighted by Crippen LogP contribution is 2.35. The molecule has 0 bridgehead atoms. The van der Waals surface area contributed by atoms with Crippen molar-refractivity contribution < 1.29 is 18.0 Å². The van der Waals surface area contributed by atoms with Crippen molar-refractivity contribution in [2.75, 3.05) is 6.54 Å². The van der Waals surface area contributed by atoms with E-state index in [1.807, 2.05) is 11.8 Å². The number of hydrogen-bond acceptors (Lipinski definition) is 3. The van der Waals surface area contributed by atoms with Gasteiger partial charge in [-0.25, -0.2) is 13.8 Å². The first kappa shape index (κ1) is 17.6. The molecule has 2 aromatic carbocycles. The third kappa shape index (κ3) is 3.31. The number of fused-ring (bicyclic) bond motifs is 1. The van der Waals surface area contributed by atoms with Crippen LogP contribution in [0.1, 0.15) is 44.5 Å². The van der Waals surface area contributed by atoms with Gasteiger partial charge < -0.3 is 9.32 Å². The maximum atomic E-state index is 13.5. The smallest absolute Gasteiger partial charge is 0.223 e. The minimum absolute atomic E-state index is 0.129. The lowest BCUT2D eigenvalue weighted by molar-refractivity contribution is -0.132. The molecule has 4 nitrogen and oxygen atoms in total. The first-order valence-corrected chi connectivity index (χ1v) is 9.22. The van der Waals surface area contributed by atoms with Crippen LogP contribution in [0.3, 0.4) is 0 Å². The highest BCUT2D eigenvalue weighted by molar-refractivity contribution is 5.81. The van der Waals surface area contributed by atoms with Crippen LogP contribution in [0.2, 0.25) is 0 Å². The van der Waals surface area contributed by atoms with Gasteiger partial charge in [-0.05, 0) is 54.7 Å².